The summed E-state index contributed by atoms with van der Waals surface area (Å²) in [4.78, 5) is 14.3. The topological polar surface area (TPSA) is 97.5 Å². The van der Waals surface area contributed by atoms with Gasteiger partial charge in [-0.2, -0.15) is 4.98 Å². The highest BCUT2D eigenvalue weighted by Crippen LogP contribution is 2.26. The van der Waals surface area contributed by atoms with Crippen molar-refractivity contribution in [1.29, 1.82) is 0 Å². The molecule has 0 aliphatic heterocycles. The van der Waals surface area contributed by atoms with Gasteiger partial charge in [-0.15, -0.1) is 0 Å². The summed E-state index contributed by atoms with van der Waals surface area (Å²) in [6.45, 7) is 5.82. The molecule has 0 spiro atoms. The molecule has 2 N–H and O–H groups in total. The van der Waals surface area contributed by atoms with Gasteiger partial charge in [-0.3, -0.25) is 10.1 Å². The molecule has 0 unspecified atom stereocenters. The van der Waals surface area contributed by atoms with Crippen molar-refractivity contribution in [3.63, 3.8) is 0 Å². The van der Waals surface area contributed by atoms with Crippen LogP contribution >= 0.6 is 0 Å². The van der Waals surface area contributed by atoms with Crippen molar-refractivity contribution in [3.05, 3.63) is 22.2 Å². The Morgan fingerprint density at radius 2 is 2.16 bits per heavy atom. The molecule has 1 aromatic heterocycles. The predicted octanol–water partition coefficient (Wildman–Crippen LogP) is 1.82. The number of hydrogen-bond acceptors (Lipinski definition) is 6. The van der Waals surface area contributed by atoms with Gasteiger partial charge in [-0.1, -0.05) is 20.8 Å². The number of ether oxygens (including phenoxy) is 1. The van der Waals surface area contributed by atoms with Crippen molar-refractivity contribution in [3.8, 4) is 5.88 Å². The molecule has 1 atom stereocenters. The first-order chi connectivity index (χ1) is 8.75. The summed E-state index contributed by atoms with van der Waals surface area (Å²) in [6.07, 6.45) is -0.653. The van der Waals surface area contributed by atoms with E-state index >= 15 is 0 Å². The maximum absolute atomic E-state index is 10.9. The largest absolute Gasteiger partial charge is 0.481 e. The number of nitrogens with one attached hydrogen (secondary N) is 1. The van der Waals surface area contributed by atoms with Gasteiger partial charge in [0.15, 0.2) is 0 Å². The van der Waals surface area contributed by atoms with Gasteiger partial charge in [-0.05, 0) is 5.41 Å². The highest BCUT2D eigenvalue weighted by atomic mass is 16.6. The molecule has 0 saturated carbocycles. The molecule has 1 aromatic rings. The van der Waals surface area contributed by atoms with Crippen molar-refractivity contribution >= 4 is 11.5 Å². The third-order valence-corrected chi connectivity index (χ3v) is 2.72. The van der Waals surface area contributed by atoms with Crippen LogP contribution in [0.3, 0.4) is 0 Å². The highest BCUT2D eigenvalue weighted by molar-refractivity contribution is 5.57. The Hall–Kier alpha value is -1.89. The molecule has 0 aliphatic rings. The summed E-state index contributed by atoms with van der Waals surface area (Å²) in [6, 6.07) is 2.74. The van der Waals surface area contributed by atoms with Gasteiger partial charge in [0.2, 0.25) is 11.7 Å². The van der Waals surface area contributed by atoms with Gasteiger partial charge in [0.25, 0.3) is 0 Å². The zero-order chi connectivity index (χ0) is 14.6. The van der Waals surface area contributed by atoms with Crippen LogP contribution in [0, 0.1) is 15.5 Å². The number of aliphatic hydroxyl groups excluding tert-OH is 1. The van der Waals surface area contributed by atoms with E-state index in [4.69, 9.17) is 4.74 Å². The van der Waals surface area contributed by atoms with Crippen LogP contribution < -0.4 is 10.1 Å². The zero-order valence-electron chi connectivity index (χ0n) is 11.5. The van der Waals surface area contributed by atoms with Crippen LogP contribution in [0.4, 0.5) is 11.5 Å². The van der Waals surface area contributed by atoms with E-state index in [-0.39, 0.29) is 29.3 Å². The molecule has 0 aliphatic carbocycles. The average Bonchev–Trinajstić information content (AvgIpc) is 2.33. The molecule has 0 radical (unpaired) electrons. The first-order valence-corrected chi connectivity index (χ1v) is 5.87. The van der Waals surface area contributed by atoms with Gasteiger partial charge >= 0.3 is 5.69 Å². The Morgan fingerprint density at radius 3 is 2.63 bits per heavy atom. The van der Waals surface area contributed by atoms with E-state index in [1.165, 1.54) is 19.2 Å². The van der Waals surface area contributed by atoms with Gasteiger partial charge in [-0.25, -0.2) is 0 Å². The minimum absolute atomic E-state index is 0.0904. The van der Waals surface area contributed by atoms with Crippen molar-refractivity contribution < 1.29 is 14.8 Å². The van der Waals surface area contributed by atoms with E-state index in [0.717, 1.165) is 0 Å². The fourth-order valence-corrected chi connectivity index (χ4v) is 1.32. The lowest BCUT2D eigenvalue weighted by Gasteiger charge is -2.26. The summed E-state index contributed by atoms with van der Waals surface area (Å²) in [5.41, 5.74) is -0.470. The molecule has 0 bridgehead atoms. The Bertz CT molecular complexity index is 457. The summed E-state index contributed by atoms with van der Waals surface area (Å²) in [7, 11) is 1.43. The van der Waals surface area contributed by atoms with Crippen LogP contribution in [0.1, 0.15) is 20.8 Å². The number of aromatic nitrogens is 1. The standard InChI is InChI=1S/C12H19N3O4/c1-12(2,3)9(16)7-13-11-8(15(17)18)5-6-10(14-11)19-4/h5-6,9,16H,7H2,1-4H3,(H,13,14)/t9-/m0/s1. The van der Waals surface area contributed by atoms with Crippen LogP contribution in [0.2, 0.25) is 0 Å². The maximum Gasteiger partial charge on any atom is 0.311 e. The highest BCUT2D eigenvalue weighted by Gasteiger charge is 2.23. The van der Waals surface area contributed by atoms with E-state index in [9.17, 15) is 15.2 Å². The molecule has 0 saturated heterocycles. The lowest BCUT2D eigenvalue weighted by Crippen LogP contribution is -2.33. The van der Waals surface area contributed by atoms with Crippen molar-refractivity contribution in [1.82, 2.24) is 4.98 Å². The van der Waals surface area contributed by atoms with Gasteiger partial charge in [0.1, 0.15) is 0 Å². The Morgan fingerprint density at radius 1 is 1.53 bits per heavy atom. The second-order valence-electron chi connectivity index (χ2n) is 5.24. The predicted molar refractivity (Wildman–Crippen MR) is 71.4 cm³/mol. The Labute approximate surface area is 111 Å². The van der Waals surface area contributed by atoms with Crippen LogP contribution in [-0.2, 0) is 0 Å². The van der Waals surface area contributed by atoms with E-state index < -0.39 is 11.0 Å². The summed E-state index contributed by atoms with van der Waals surface area (Å²) >= 11 is 0. The minimum atomic E-state index is -0.653. The normalized spacial score (nSPS) is 12.9. The van der Waals surface area contributed by atoms with Gasteiger partial charge < -0.3 is 15.2 Å². The molecule has 0 amide bonds. The maximum atomic E-state index is 10.9. The summed E-state index contributed by atoms with van der Waals surface area (Å²) in [5.74, 6) is 0.367. The second kappa shape index (κ2) is 5.83. The monoisotopic (exact) mass is 269 g/mol. The summed E-state index contributed by atoms with van der Waals surface area (Å²) < 4.78 is 4.93. The number of rotatable bonds is 5. The van der Waals surface area contributed by atoms with E-state index in [0.29, 0.717) is 0 Å². The van der Waals surface area contributed by atoms with Crippen molar-refractivity contribution in [2.24, 2.45) is 5.41 Å². The molecule has 19 heavy (non-hydrogen) atoms. The molecule has 1 rings (SSSR count). The van der Waals surface area contributed by atoms with Crippen LogP contribution in [-0.4, -0.2) is 34.8 Å². The number of nitro groups is 1. The third kappa shape index (κ3) is 4.06. The number of nitrogens with zero attached hydrogens (tertiary/aromatic N) is 2. The Kier molecular flexibility index (Phi) is 4.66. The van der Waals surface area contributed by atoms with Gasteiger partial charge in [0, 0.05) is 18.7 Å². The molecule has 106 valence electrons. The smallest absolute Gasteiger partial charge is 0.311 e. The van der Waals surface area contributed by atoms with Gasteiger partial charge in [0.05, 0.1) is 18.1 Å². The number of pyridine rings is 1. The third-order valence-electron chi connectivity index (χ3n) is 2.72. The van der Waals surface area contributed by atoms with Crippen molar-refractivity contribution in [2.75, 3.05) is 19.0 Å². The molecule has 0 fully saturated rings. The fraction of sp³-hybridized carbons (Fsp3) is 0.583. The average molecular weight is 269 g/mol. The number of methoxy groups -OCH3 is 1. The molecular formula is C12H19N3O4. The lowest BCUT2D eigenvalue weighted by molar-refractivity contribution is -0.384. The summed E-state index contributed by atoms with van der Waals surface area (Å²) in [5, 5.41) is 23.6. The SMILES string of the molecule is COc1ccc([N+](=O)[O-])c(NC[C@H](O)C(C)(C)C)n1. The molecule has 7 nitrogen and oxygen atoms in total. The number of aliphatic hydroxyl groups is 1. The molecule has 1 heterocycles. The van der Waals surface area contributed by atoms with E-state index in [1.807, 2.05) is 20.8 Å². The second-order valence-corrected chi connectivity index (χ2v) is 5.24. The Balaban J connectivity index is 2.89. The van der Waals surface area contributed by atoms with Crippen LogP contribution in [0.15, 0.2) is 12.1 Å². The minimum Gasteiger partial charge on any atom is -0.481 e. The molecule has 7 heteroatoms. The first-order valence-electron chi connectivity index (χ1n) is 5.87. The molecule has 0 aromatic carbocycles. The van der Waals surface area contributed by atoms with Crippen molar-refractivity contribution in [2.45, 2.75) is 26.9 Å². The van der Waals surface area contributed by atoms with E-state index in [2.05, 4.69) is 10.3 Å². The first kappa shape index (κ1) is 15.2. The molecular weight excluding hydrogens is 250 g/mol. The van der Waals surface area contributed by atoms with Crippen LogP contribution in [0.5, 0.6) is 5.88 Å². The lowest BCUT2D eigenvalue weighted by atomic mass is 9.89. The number of anilines is 1. The quantitative estimate of drug-likeness (QED) is 0.625. The zero-order valence-corrected chi connectivity index (χ0v) is 11.5. The fourth-order valence-electron chi connectivity index (χ4n) is 1.32. The van der Waals surface area contributed by atoms with E-state index in [1.54, 1.807) is 0 Å². The number of hydrogen-bond donors (Lipinski definition) is 2. The van der Waals surface area contributed by atoms with Crippen LogP contribution in [0.25, 0.3) is 0 Å².